The van der Waals surface area contributed by atoms with Crippen LogP contribution in [0.4, 0.5) is 0 Å². The molecule has 0 saturated carbocycles. The minimum absolute atomic E-state index is 0.0218. The first-order chi connectivity index (χ1) is 13.6. The molecule has 9 heteroatoms. The predicted molar refractivity (Wildman–Crippen MR) is 108 cm³/mol. The summed E-state index contributed by atoms with van der Waals surface area (Å²) in [4.78, 5) is 11.8. The summed E-state index contributed by atoms with van der Waals surface area (Å²) >= 11 is 6.00. The van der Waals surface area contributed by atoms with Crippen LogP contribution in [0.3, 0.4) is 0 Å². The lowest BCUT2D eigenvalue weighted by Gasteiger charge is -2.37. The molecule has 1 N–H and O–H groups in total. The fourth-order valence-corrected chi connectivity index (χ4v) is 4.69. The van der Waals surface area contributed by atoms with Crippen molar-refractivity contribution in [2.24, 2.45) is 0 Å². The molecular formula is C20H22ClNO6S. The summed E-state index contributed by atoms with van der Waals surface area (Å²) in [5.41, 5.74) is 0.0761. The summed E-state index contributed by atoms with van der Waals surface area (Å²) in [6.45, 7) is 3.78. The van der Waals surface area contributed by atoms with E-state index in [-0.39, 0.29) is 15.5 Å². The number of nitrogens with one attached hydrogen (secondary N) is 1. The van der Waals surface area contributed by atoms with Crippen molar-refractivity contribution in [3.63, 3.8) is 0 Å². The van der Waals surface area contributed by atoms with E-state index in [1.165, 1.54) is 32.4 Å². The molecule has 0 bridgehead atoms. The minimum Gasteiger partial charge on any atom is -0.497 e. The Hall–Kier alpha value is -2.29. The average Bonchev–Trinajstić information content (AvgIpc) is 2.66. The van der Waals surface area contributed by atoms with Gasteiger partial charge >= 0.3 is 5.97 Å². The Kier molecular flexibility index (Phi) is 5.80. The summed E-state index contributed by atoms with van der Waals surface area (Å²) in [7, 11) is -1.23. The molecule has 1 atom stereocenters. The molecule has 2 aromatic rings. The molecule has 3 rings (SSSR count). The van der Waals surface area contributed by atoms with Crippen molar-refractivity contribution < 1.29 is 27.4 Å². The first-order valence-corrected chi connectivity index (χ1v) is 10.7. The Balaban J connectivity index is 2.00. The Bertz CT molecular complexity index is 1050. The third-order valence-corrected chi connectivity index (χ3v) is 6.42. The van der Waals surface area contributed by atoms with Gasteiger partial charge in [-0.1, -0.05) is 11.6 Å². The maximum Gasteiger partial charge on any atom is 0.339 e. The van der Waals surface area contributed by atoms with Crippen molar-refractivity contribution in [3.8, 4) is 11.5 Å². The van der Waals surface area contributed by atoms with E-state index in [9.17, 15) is 13.2 Å². The van der Waals surface area contributed by atoms with E-state index in [1.54, 1.807) is 18.2 Å². The molecule has 1 heterocycles. The molecule has 29 heavy (non-hydrogen) atoms. The summed E-state index contributed by atoms with van der Waals surface area (Å²) in [6.07, 6.45) is 0.407. The Labute approximate surface area is 175 Å². The number of halogens is 1. The molecule has 7 nitrogen and oxygen atoms in total. The molecule has 0 aliphatic carbocycles. The lowest BCUT2D eigenvalue weighted by atomic mass is 9.90. The van der Waals surface area contributed by atoms with Crippen LogP contribution in [0.1, 0.15) is 42.2 Å². The summed E-state index contributed by atoms with van der Waals surface area (Å²) < 4.78 is 44.8. The highest BCUT2D eigenvalue weighted by molar-refractivity contribution is 7.89. The number of benzene rings is 2. The maximum absolute atomic E-state index is 13.1. The zero-order valence-electron chi connectivity index (χ0n) is 16.5. The van der Waals surface area contributed by atoms with Crippen molar-refractivity contribution in [1.29, 1.82) is 0 Å². The van der Waals surface area contributed by atoms with Crippen molar-refractivity contribution in [3.05, 3.63) is 52.5 Å². The molecule has 0 unspecified atom stereocenters. The van der Waals surface area contributed by atoms with E-state index in [4.69, 9.17) is 21.1 Å². The molecule has 0 amide bonds. The van der Waals surface area contributed by atoms with Crippen LogP contribution < -0.4 is 14.2 Å². The fourth-order valence-electron chi connectivity index (χ4n) is 3.26. The zero-order chi connectivity index (χ0) is 21.4. The number of esters is 1. The number of carbonyl (C=O) groups excluding carboxylic acids is 1. The second-order valence-electron chi connectivity index (χ2n) is 7.28. The van der Waals surface area contributed by atoms with Gasteiger partial charge in [0.2, 0.25) is 10.0 Å². The lowest BCUT2D eigenvalue weighted by molar-refractivity contribution is 0.0600. The van der Waals surface area contributed by atoms with Gasteiger partial charge in [-0.05, 0) is 50.2 Å². The number of hydrogen-bond acceptors (Lipinski definition) is 6. The molecule has 0 radical (unpaired) electrons. The summed E-state index contributed by atoms with van der Waals surface area (Å²) in [5, 5.41) is 0.109. The van der Waals surface area contributed by atoms with E-state index in [0.29, 0.717) is 23.5 Å². The molecule has 0 fully saturated rings. The second kappa shape index (κ2) is 7.85. The number of carbonyl (C=O) groups is 1. The molecule has 1 aliphatic rings. The largest absolute Gasteiger partial charge is 0.497 e. The van der Waals surface area contributed by atoms with Crippen molar-refractivity contribution in [1.82, 2.24) is 4.72 Å². The molecule has 0 aromatic heterocycles. The van der Waals surface area contributed by atoms with Gasteiger partial charge in [0, 0.05) is 12.0 Å². The third-order valence-electron chi connectivity index (χ3n) is 4.63. The smallest absolute Gasteiger partial charge is 0.339 e. The molecular weight excluding hydrogens is 418 g/mol. The van der Waals surface area contributed by atoms with E-state index < -0.39 is 27.6 Å². The second-order valence-corrected chi connectivity index (χ2v) is 9.40. The summed E-state index contributed by atoms with van der Waals surface area (Å²) in [6, 6.07) is 8.61. The van der Waals surface area contributed by atoms with Crippen molar-refractivity contribution in [2.45, 2.75) is 36.8 Å². The Morgan fingerprint density at radius 3 is 2.59 bits per heavy atom. The van der Waals surface area contributed by atoms with E-state index in [0.717, 1.165) is 0 Å². The van der Waals surface area contributed by atoms with Crippen LogP contribution in [0, 0.1) is 0 Å². The first-order valence-electron chi connectivity index (χ1n) is 8.83. The molecule has 0 spiro atoms. The topological polar surface area (TPSA) is 90.9 Å². The quantitative estimate of drug-likeness (QED) is 0.714. The third kappa shape index (κ3) is 4.49. The van der Waals surface area contributed by atoms with Crippen LogP contribution in [-0.4, -0.2) is 34.2 Å². The molecule has 1 aliphatic heterocycles. The summed E-state index contributed by atoms with van der Waals surface area (Å²) in [5.74, 6) is 0.464. The number of ether oxygens (including phenoxy) is 3. The van der Waals surface area contributed by atoms with Gasteiger partial charge < -0.3 is 14.2 Å². The minimum atomic E-state index is -3.97. The monoisotopic (exact) mass is 439 g/mol. The highest BCUT2D eigenvalue weighted by atomic mass is 35.5. The van der Waals surface area contributed by atoms with E-state index in [2.05, 4.69) is 9.46 Å². The van der Waals surface area contributed by atoms with Crippen LogP contribution in [0.25, 0.3) is 0 Å². The number of methoxy groups -OCH3 is 2. The van der Waals surface area contributed by atoms with Crippen molar-refractivity contribution in [2.75, 3.05) is 14.2 Å². The van der Waals surface area contributed by atoms with Crippen LogP contribution in [0.2, 0.25) is 5.02 Å². The SMILES string of the molecule is COC(=O)c1cc(S(=O)(=O)N[C@H]2CC(C)(C)Oc3ccc(OC)cc32)ccc1Cl. The zero-order valence-corrected chi connectivity index (χ0v) is 18.1. The fraction of sp³-hybridized carbons (Fsp3) is 0.350. The van der Waals surface area contributed by atoms with Gasteiger partial charge in [-0.25, -0.2) is 17.9 Å². The first kappa shape index (κ1) is 21.4. The van der Waals surface area contributed by atoms with Gasteiger partial charge in [-0.15, -0.1) is 0 Å². The number of fused-ring (bicyclic) bond motifs is 1. The molecule has 156 valence electrons. The predicted octanol–water partition coefficient (Wildman–Crippen LogP) is 3.72. The van der Waals surface area contributed by atoms with E-state index >= 15 is 0 Å². The van der Waals surface area contributed by atoms with Crippen LogP contribution >= 0.6 is 11.6 Å². The number of hydrogen-bond donors (Lipinski definition) is 1. The highest BCUT2D eigenvalue weighted by Gasteiger charge is 2.36. The van der Waals surface area contributed by atoms with Gasteiger partial charge in [-0.2, -0.15) is 0 Å². The normalized spacial score (nSPS) is 17.8. The molecule has 2 aromatic carbocycles. The van der Waals surface area contributed by atoms with Gasteiger partial charge in [0.1, 0.15) is 17.1 Å². The standard InChI is InChI=1S/C20H22ClNO6S/c1-20(2)11-17(15-9-12(26-3)5-8-18(15)28-20)22-29(24,25)13-6-7-16(21)14(10-13)19(23)27-4/h5-10,17,22H,11H2,1-4H3/t17-/m0/s1. The average molecular weight is 440 g/mol. The van der Waals surface area contributed by atoms with E-state index in [1.807, 2.05) is 13.8 Å². The Morgan fingerprint density at radius 1 is 1.21 bits per heavy atom. The Morgan fingerprint density at radius 2 is 1.93 bits per heavy atom. The van der Waals surface area contributed by atoms with Gasteiger partial charge in [0.15, 0.2) is 0 Å². The maximum atomic E-state index is 13.1. The van der Waals surface area contributed by atoms with Crippen LogP contribution in [0.5, 0.6) is 11.5 Å². The number of rotatable bonds is 5. The molecule has 0 saturated heterocycles. The van der Waals surface area contributed by atoms with Crippen molar-refractivity contribution >= 4 is 27.6 Å². The van der Waals surface area contributed by atoms with Gasteiger partial charge in [0.25, 0.3) is 0 Å². The number of sulfonamides is 1. The lowest BCUT2D eigenvalue weighted by Crippen LogP contribution is -2.41. The highest BCUT2D eigenvalue weighted by Crippen LogP contribution is 2.41. The van der Waals surface area contributed by atoms with Crippen LogP contribution in [0.15, 0.2) is 41.3 Å². The van der Waals surface area contributed by atoms with Gasteiger partial charge in [-0.3, -0.25) is 0 Å². The van der Waals surface area contributed by atoms with Crippen LogP contribution in [-0.2, 0) is 14.8 Å². The van der Waals surface area contributed by atoms with Gasteiger partial charge in [0.05, 0.1) is 35.7 Å².